The fraction of sp³-hybridized carbons (Fsp3) is 0.458. The zero-order valence-corrected chi connectivity index (χ0v) is 18.0. The van der Waals surface area contributed by atoms with Gasteiger partial charge in [-0.3, -0.25) is 9.59 Å². The van der Waals surface area contributed by atoms with Crippen molar-refractivity contribution in [3.63, 3.8) is 0 Å². The lowest BCUT2D eigenvalue weighted by molar-refractivity contribution is -0.141. The molecule has 0 saturated heterocycles. The van der Waals surface area contributed by atoms with Gasteiger partial charge in [0.05, 0.1) is 17.9 Å². The van der Waals surface area contributed by atoms with Crippen LogP contribution in [0, 0.1) is 5.41 Å². The summed E-state index contributed by atoms with van der Waals surface area (Å²) < 4.78 is 11.2. The van der Waals surface area contributed by atoms with Crippen molar-refractivity contribution in [1.29, 1.82) is 0 Å². The largest absolute Gasteiger partial charge is 0.462 e. The number of fused-ring (bicyclic) bond motifs is 2. The quantitative estimate of drug-likeness (QED) is 0.736. The molecule has 4 aliphatic rings. The molecule has 162 valence electrons. The van der Waals surface area contributed by atoms with Crippen molar-refractivity contribution >= 4 is 23.3 Å². The van der Waals surface area contributed by atoms with Gasteiger partial charge in [0.2, 0.25) is 11.8 Å². The number of para-hydroxylation sites is 1. The Kier molecular flexibility index (Phi) is 4.13. The molecule has 7 heteroatoms. The van der Waals surface area contributed by atoms with E-state index in [1.165, 1.54) is 0 Å². The van der Waals surface area contributed by atoms with Crippen LogP contribution in [-0.4, -0.2) is 30.8 Å². The monoisotopic (exact) mass is 422 g/mol. The van der Waals surface area contributed by atoms with Crippen LogP contribution in [0.25, 0.3) is 0 Å². The minimum absolute atomic E-state index is 0.0750. The molecule has 0 unspecified atom stereocenters. The second kappa shape index (κ2) is 6.45. The Morgan fingerprint density at radius 3 is 2.77 bits per heavy atom. The van der Waals surface area contributed by atoms with Crippen molar-refractivity contribution in [2.24, 2.45) is 11.1 Å². The van der Waals surface area contributed by atoms with E-state index in [2.05, 4.69) is 0 Å². The van der Waals surface area contributed by atoms with Crippen molar-refractivity contribution in [3.05, 3.63) is 52.1 Å². The molecule has 0 aromatic heterocycles. The van der Waals surface area contributed by atoms with E-state index in [1.807, 2.05) is 32.0 Å². The number of anilines is 1. The SMILES string of the molecule is CCOC(=O)C1=C(N)OC2=C(C(=O)CC(C)(C)C2)[C@]12C(=O)N1CCCc3cccc2c31. The summed E-state index contributed by atoms with van der Waals surface area (Å²) in [6.07, 6.45) is 2.36. The molecule has 2 N–H and O–H groups in total. The number of amides is 1. The molecule has 1 amide bonds. The molecule has 0 fully saturated rings. The van der Waals surface area contributed by atoms with E-state index < -0.39 is 11.4 Å². The predicted octanol–water partition coefficient (Wildman–Crippen LogP) is 2.62. The second-order valence-electron chi connectivity index (χ2n) is 9.42. The third kappa shape index (κ3) is 2.49. The Morgan fingerprint density at radius 2 is 2.03 bits per heavy atom. The van der Waals surface area contributed by atoms with E-state index in [0.717, 1.165) is 24.1 Å². The maximum absolute atomic E-state index is 14.2. The van der Waals surface area contributed by atoms with Crippen molar-refractivity contribution in [1.82, 2.24) is 0 Å². The molecular formula is C24H26N2O5. The number of ketones is 1. The number of carbonyl (C=O) groups is 3. The predicted molar refractivity (Wildman–Crippen MR) is 113 cm³/mol. The number of hydrogen-bond acceptors (Lipinski definition) is 6. The highest BCUT2D eigenvalue weighted by Crippen LogP contribution is 2.59. The second-order valence-corrected chi connectivity index (χ2v) is 9.42. The van der Waals surface area contributed by atoms with Gasteiger partial charge in [0.15, 0.2) is 5.78 Å². The number of nitrogens with zero attached hydrogens (tertiary/aromatic N) is 1. The number of allylic oxidation sites excluding steroid dienone is 1. The highest BCUT2D eigenvalue weighted by atomic mass is 16.5. The van der Waals surface area contributed by atoms with Crippen LogP contribution in [0.1, 0.15) is 51.2 Å². The lowest BCUT2D eigenvalue weighted by atomic mass is 9.61. The maximum atomic E-state index is 14.2. The van der Waals surface area contributed by atoms with Gasteiger partial charge in [-0.25, -0.2) is 4.79 Å². The molecule has 3 heterocycles. The third-order valence-electron chi connectivity index (χ3n) is 6.73. The van der Waals surface area contributed by atoms with Crippen molar-refractivity contribution in [3.8, 4) is 0 Å². The van der Waals surface area contributed by atoms with Crippen LogP contribution >= 0.6 is 0 Å². The Hall–Kier alpha value is -3.09. The number of hydrogen-bond donors (Lipinski definition) is 1. The molecule has 5 rings (SSSR count). The van der Waals surface area contributed by atoms with Gasteiger partial charge in [0, 0.05) is 24.9 Å². The normalized spacial score (nSPS) is 26.1. The molecule has 0 saturated carbocycles. The van der Waals surface area contributed by atoms with E-state index >= 15 is 0 Å². The van der Waals surface area contributed by atoms with Gasteiger partial charge < -0.3 is 20.1 Å². The first kappa shape index (κ1) is 19.8. The van der Waals surface area contributed by atoms with Crippen LogP contribution in [-0.2, 0) is 35.7 Å². The fourth-order valence-corrected chi connectivity index (χ4v) is 5.68. The Labute approximate surface area is 180 Å². The number of nitrogens with two attached hydrogens (primary N) is 1. The summed E-state index contributed by atoms with van der Waals surface area (Å²) >= 11 is 0. The zero-order chi connectivity index (χ0) is 22.1. The molecule has 31 heavy (non-hydrogen) atoms. The molecule has 1 aromatic carbocycles. The summed E-state index contributed by atoms with van der Waals surface area (Å²) in [5.41, 5.74) is 6.98. The molecular weight excluding hydrogens is 396 g/mol. The van der Waals surface area contributed by atoms with E-state index in [-0.39, 0.29) is 47.2 Å². The minimum atomic E-state index is -1.62. The number of Topliss-reactive ketones (excluding diaryl/α,β-unsaturated/α-hetero) is 1. The minimum Gasteiger partial charge on any atom is -0.462 e. The molecule has 1 aliphatic carbocycles. The summed E-state index contributed by atoms with van der Waals surface area (Å²) in [7, 11) is 0. The summed E-state index contributed by atoms with van der Waals surface area (Å²) in [5, 5.41) is 0. The number of rotatable bonds is 2. The number of esters is 1. The summed E-state index contributed by atoms with van der Waals surface area (Å²) in [4.78, 5) is 42.6. The van der Waals surface area contributed by atoms with E-state index in [9.17, 15) is 14.4 Å². The Morgan fingerprint density at radius 1 is 1.26 bits per heavy atom. The first-order valence-electron chi connectivity index (χ1n) is 10.8. The van der Waals surface area contributed by atoms with Crippen LogP contribution in [0.5, 0.6) is 0 Å². The van der Waals surface area contributed by atoms with Crippen molar-refractivity contribution in [2.75, 3.05) is 18.1 Å². The van der Waals surface area contributed by atoms with E-state index in [4.69, 9.17) is 15.2 Å². The lowest BCUT2D eigenvalue weighted by Gasteiger charge is -2.42. The first-order chi connectivity index (χ1) is 14.7. The third-order valence-corrected chi connectivity index (χ3v) is 6.73. The number of carbonyl (C=O) groups excluding carboxylic acids is 3. The van der Waals surface area contributed by atoms with Gasteiger partial charge >= 0.3 is 5.97 Å². The molecule has 1 aromatic rings. The van der Waals surface area contributed by atoms with Crippen LogP contribution in [0.3, 0.4) is 0 Å². The molecule has 1 atom stereocenters. The van der Waals surface area contributed by atoms with Gasteiger partial charge in [0.25, 0.3) is 0 Å². The lowest BCUT2D eigenvalue weighted by Crippen LogP contribution is -2.52. The van der Waals surface area contributed by atoms with Crippen molar-refractivity contribution in [2.45, 2.75) is 51.9 Å². The van der Waals surface area contributed by atoms with Crippen LogP contribution < -0.4 is 10.6 Å². The van der Waals surface area contributed by atoms with Gasteiger partial charge in [-0.1, -0.05) is 32.0 Å². The van der Waals surface area contributed by atoms with Gasteiger partial charge in [-0.2, -0.15) is 0 Å². The fourth-order valence-electron chi connectivity index (χ4n) is 5.68. The average molecular weight is 422 g/mol. The van der Waals surface area contributed by atoms with Gasteiger partial charge in [-0.05, 0) is 30.7 Å². The topological polar surface area (TPSA) is 98.9 Å². The van der Waals surface area contributed by atoms with Gasteiger partial charge in [0.1, 0.15) is 16.7 Å². The van der Waals surface area contributed by atoms with Crippen LogP contribution in [0.4, 0.5) is 5.69 Å². The van der Waals surface area contributed by atoms with E-state index in [1.54, 1.807) is 11.8 Å². The standard InChI is InChI=1S/C24H26N2O5/c1-4-30-21(28)18-20(25)31-16-12-23(2,3)11-15(27)17(16)24(18)14-9-5-7-13-8-6-10-26(19(13)14)22(24)29/h5,7,9H,4,6,8,10-12,25H2,1-3H3/t24-/m0/s1. The van der Waals surface area contributed by atoms with Crippen LogP contribution in [0.15, 0.2) is 41.0 Å². The van der Waals surface area contributed by atoms with Crippen molar-refractivity contribution < 1.29 is 23.9 Å². The first-order valence-corrected chi connectivity index (χ1v) is 10.8. The average Bonchev–Trinajstić information content (AvgIpc) is 2.92. The molecule has 3 aliphatic heterocycles. The Balaban J connectivity index is 1.87. The Bertz CT molecular complexity index is 1110. The molecule has 0 bridgehead atoms. The number of aryl methyl sites for hydroxylation is 1. The highest BCUT2D eigenvalue weighted by Gasteiger charge is 2.65. The van der Waals surface area contributed by atoms with Crippen LogP contribution in [0.2, 0.25) is 0 Å². The summed E-state index contributed by atoms with van der Waals surface area (Å²) in [6, 6.07) is 5.70. The number of ether oxygens (including phenoxy) is 2. The van der Waals surface area contributed by atoms with Gasteiger partial charge in [-0.15, -0.1) is 0 Å². The maximum Gasteiger partial charge on any atom is 0.341 e. The van der Waals surface area contributed by atoms with E-state index in [0.29, 0.717) is 24.3 Å². The molecule has 0 radical (unpaired) electrons. The smallest absolute Gasteiger partial charge is 0.341 e. The zero-order valence-electron chi connectivity index (χ0n) is 18.0. The summed E-state index contributed by atoms with van der Waals surface area (Å²) in [5.74, 6) is -1.00. The molecule has 1 spiro atoms. The molecule has 7 nitrogen and oxygen atoms in total. The number of benzene rings is 1. The highest BCUT2D eigenvalue weighted by molar-refractivity contribution is 6.23. The summed E-state index contributed by atoms with van der Waals surface area (Å²) in [6.45, 7) is 6.29.